The number of rotatable bonds is 5. The lowest BCUT2D eigenvalue weighted by Gasteiger charge is -2.06. The van der Waals surface area contributed by atoms with Crippen LogP contribution in [-0.2, 0) is 0 Å². The zero-order valence-electron chi connectivity index (χ0n) is 10.2. The van der Waals surface area contributed by atoms with Crippen LogP contribution in [0.5, 0.6) is 0 Å². The standard InChI is InChI=1S/C15H22/c1-4-5-6-7-8-14(3)15-11-9-13(2)10-12-15/h7-12,14H,4-6H2,1-3H3. The van der Waals surface area contributed by atoms with Gasteiger partial charge < -0.3 is 0 Å². The van der Waals surface area contributed by atoms with Gasteiger partial charge in [0.2, 0.25) is 0 Å². The van der Waals surface area contributed by atoms with Crippen molar-refractivity contribution in [2.24, 2.45) is 0 Å². The van der Waals surface area contributed by atoms with Crippen LogP contribution in [0.15, 0.2) is 36.4 Å². The largest absolute Gasteiger partial charge is 0.0879 e. The molecule has 0 saturated carbocycles. The van der Waals surface area contributed by atoms with E-state index in [9.17, 15) is 0 Å². The van der Waals surface area contributed by atoms with Gasteiger partial charge in [0, 0.05) is 0 Å². The summed E-state index contributed by atoms with van der Waals surface area (Å²) in [5.74, 6) is 0.544. The zero-order valence-corrected chi connectivity index (χ0v) is 10.2. The normalized spacial score (nSPS) is 13.3. The molecule has 0 saturated heterocycles. The molecule has 1 atom stereocenters. The van der Waals surface area contributed by atoms with Crippen LogP contribution in [0.3, 0.4) is 0 Å². The van der Waals surface area contributed by atoms with E-state index in [0.717, 1.165) is 0 Å². The average molecular weight is 202 g/mol. The van der Waals surface area contributed by atoms with E-state index >= 15 is 0 Å². The molecule has 0 amide bonds. The topological polar surface area (TPSA) is 0 Å². The maximum Gasteiger partial charge on any atom is -0.00104 e. The summed E-state index contributed by atoms with van der Waals surface area (Å²) in [7, 11) is 0. The molecule has 0 aromatic heterocycles. The molecule has 82 valence electrons. The van der Waals surface area contributed by atoms with Crippen molar-refractivity contribution in [3.05, 3.63) is 47.5 Å². The monoisotopic (exact) mass is 202 g/mol. The van der Waals surface area contributed by atoms with Crippen molar-refractivity contribution in [2.75, 3.05) is 0 Å². The van der Waals surface area contributed by atoms with Gasteiger partial charge in [-0.3, -0.25) is 0 Å². The highest BCUT2D eigenvalue weighted by Gasteiger charge is 1.99. The predicted molar refractivity (Wildman–Crippen MR) is 68.3 cm³/mol. The Morgan fingerprint density at radius 2 is 1.87 bits per heavy atom. The first-order chi connectivity index (χ1) is 7.24. The summed E-state index contributed by atoms with van der Waals surface area (Å²) in [5.41, 5.74) is 2.74. The van der Waals surface area contributed by atoms with E-state index in [-0.39, 0.29) is 0 Å². The lowest BCUT2D eigenvalue weighted by atomic mass is 9.99. The maximum atomic E-state index is 2.32. The van der Waals surface area contributed by atoms with Crippen LogP contribution in [-0.4, -0.2) is 0 Å². The predicted octanol–water partition coefficient (Wildman–Crippen LogP) is 4.84. The van der Waals surface area contributed by atoms with Gasteiger partial charge in [0.1, 0.15) is 0 Å². The molecule has 0 nitrogen and oxygen atoms in total. The molecule has 0 aliphatic carbocycles. The van der Waals surface area contributed by atoms with Gasteiger partial charge in [-0.1, -0.05) is 68.7 Å². The Morgan fingerprint density at radius 3 is 2.47 bits per heavy atom. The van der Waals surface area contributed by atoms with Crippen LogP contribution in [0.25, 0.3) is 0 Å². The van der Waals surface area contributed by atoms with Gasteiger partial charge in [-0.2, -0.15) is 0 Å². The zero-order chi connectivity index (χ0) is 11.1. The van der Waals surface area contributed by atoms with E-state index < -0.39 is 0 Å². The van der Waals surface area contributed by atoms with Crippen LogP contribution >= 0.6 is 0 Å². The molecule has 0 radical (unpaired) electrons. The van der Waals surface area contributed by atoms with Crippen molar-refractivity contribution < 1.29 is 0 Å². The van der Waals surface area contributed by atoms with Crippen LogP contribution in [0.1, 0.15) is 50.2 Å². The van der Waals surface area contributed by atoms with Crippen molar-refractivity contribution in [3.63, 3.8) is 0 Å². The smallest absolute Gasteiger partial charge is 0.00104 e. The lowest BCUT2D eigenvalue weighted by molar-refractivity contribution is 0.808. The number of allylic oxidation sites excluding steroid dienone is 2. The minimum Gasteiger partial charge on any atom is -0.0879 e. The molecule has 0 aliphatic heterocycles. The van der Waals surface area contributed by atoms with E-state index in [1.54, 1.807) is 0 Å². The average Bonchev–Trinajstić information content (AvgIpc) is 2.25. The molecule has 1 rings (SSSR count). The highest BCUT2D eigenvalue weighted by Crippen LogP contribution is 2.17. The van der Waals surface area contributed by atoms with E-state index in [0.29, 0.717) is 5.92 Å². The van der Waals surface area contributed by atoms with Gasteiger partial charge in [0.15, 0.2) is 0 Å². The first-order valence-corrected chi connectivity index (χ1v) is 5.97. The number of benzene rings is 1. The molecule has 0 heteroatoms. The Balaban J connectivity index is 2.49. The summed E-state index contributed by atoms with van der Waals surface area (Å²) < 4.78 is 0. The summed E-state index contributed by atoms with van der Waals surface area (Å²) in [6.07, 6.45) is 8.43. The molecule has 0 spiro atoms. The molecule has 1 aromatic rings. The molecular formula is C15H22. The number of hydrogen-bond acceptors (Lipinski definition) is 0. The Kier molecular flexibility index (Phi) is 5.17. The van der Waals surface area contributed by atoms with Crippen LogP contribution < -0.4 is 0 Å². The molecule has 0 bridgehead atoms. The quantitative estimate of drug-likeness (QED) is 0.473. The molecular weight excluding hydrogens is 180 g/mol. The van der Waals surface area contributed by atoms with Crippen molar-refractivity contribution in [3.8, 4) is 0 Å². The molecule has 1 aromatic carbocycles. The van der Waals surface area contributed by atoms with E-state index in [1.807, 2.05) is 0 Å². The summed E-state index contributed by atoms with van der Waals surface area (Å²) >= 11 is 0. The van der Waals surface area contributed by atoms with Gasteiger partial charge in [0.25, 0.3) is 0 Å². The number of aryl methyl sites for hydroxylation is 1. The van der Waals surface area contributed by atoms with Crippen molar-refractivity contribution in [1.82, 2.24) is 0 Å². The Labute approximate surface area is 94.0 Å². The third kappa shape index (κ3) is 4.33. The third-order valence-corrected chi connectivity index (χ3v) is 2.75. The minimum atomic E-state index is 0.544. The molecule has 1 unspecified atom stereocenters. The first kappa shape index (κ1) is 12.0. The Morgan fingerprint density at radius 1 is 1.20 bits per heavy atom. The van der Waals surface area contributed by atoms with Gasteiger partial charge in [0.05, 0.1) is 0 Å². The summed E-state index contributed by atoms with van der Waals surface area (Å²) in [6, 6.07) is 8.83. The fourth-order valence-electron chi connectivity index (χ4n) is 1.60. The van der Waals surface area contributed by atoms with Gasteiger partial charge in [-0.25, -0.2) is 0 Å². The van der Waals surface area contributed by atoms with Crippen molar-refractivity contribution in [1.29, 1.82) is 0 Å². The molecule has 0 N–H and O–H groups in total. The van der Waals surface area contributed by atoms with Crippen LogP contribution in [0.4, 0.5) is 0 Å². The van der Waals surface area contributed by atoms with Gasteiger partial charge in [-0.05, 0) is 24.8 Å². The second kappa shape index (κ2) is 6.44. The van der Waals surface area contributed by atoms with Gasteiger partial charge in [-0.15, -0.1) is 0 Å². The lowest BCUT2D eigenvalue weighted by Crippen LogP contribution is -1.88. The van der Waals surface area contributed by atoms with Crippen LogP contribution in [0, 0.1) is 6.92 Å². The number of unbranched alkanes of at least 4 members (excludes halogenated alkanes) is 2. The first-order valence-electron chi connectivity index (χ1n) is 5.97. The highest BCUT2D eigenvalue weighted by atomic mass is 14.0. The summed E-state index contributed by atoms with van der Waals surface area (Å²) in [4.78, 5) is 0. The Bertz CT molecular complexity index is 292. The molecule has 0 aliphatic rings. The fourth-order valence-corrected chi connectivity index (χ4v) is 1.60. The highest BCUT2D eigenvalue weighted by molar-refractivity contribution is 5.26. The second-order valence-corrected chi connectivity index (χ2v) is 4.27. The summed E-state index contributed by atoms with van der Waals surface area (Å²) in [5, 5.41) is 0. The minimum absolute atomic E-state index is 0.544. The Hall–Kier alpha value is -1.04. The van der Waals surface area contributed by atoms with E-state index in [1.165, 1.54) is 30.4 Å². The van der Waals surface area contributed by atoms with Crippen molar-refractivity contribution in [2.45, 2.75) is 46.0 Å². The van der Waals surface area contributed by atoms with E-state index in [4.69, 9.17) is 0 Å². The van der Waals surface area contributed by atoms with Crippen LogP contribution in [0.2, 0.25) is 0 Å². The molecule has 15 heavy (non-hydrogen) atoms. The maximum absolute atomic E-state index is 2.32. The third-order valence-electron chi connectivity index (χ3n) is 2.75. The second-order valence-electron chi connectivity index (χ2n) is 4.27. The number of hydrogen-bond donors (Lipinski definition) is 0. The van der Waals surface area contributed by atoms with Crippen molar-refractivity contribution >= 4 is 0 Å². The molecule has 0 heterocycles. The van der Waals surface area contributed by atoms with Gasteiger partial charge >= 0.3 is 0 Å². The fraction of sp³-hybridized carbons (Fsp3) is 0.467. The molecule has 0 fully saturated rings. The van der Waals surface area contributed by atoms with E-state index in [2.05, 4.69) is 57.2 Å². The SMILES string of the molecule is CCCCC=CC(C)c1ccc(C)cc1. The summed E-state index contributed by atoms with van der Waals surface area (Å²) in [6.45, 7) is 6.62.